The third-order valence-corrected chi connectivity index (χ3v) is 5.19. The minimum atomic E-state index is -0.463. The maximum Gasteiger partial charge on any atom is 0.248 e. The molecule has 7 nitrogen and oxygen atoms in total. The number of thiazole rings is 1. The van der Waals surface area contributed by atoms with Gasteiger partial charge in [-0.15, -0.1) is 0 Å². The predicted octanol–water partition coefficient (Wildman–Crippen LogP) is 4.88. The van der Waals surface area contributed by atoms with Crippen LogP contribution in [0.15, 0.2) is 72.9 Å². The summed E-state index contributed by atoms with van der Waals surface area (Å²) in [4.78, 5) is 20.2. The van der Waals surface area contributed by atoms with Crippen LogP contribution in [0.25, 0.3) is 11.3 Å². The molecular formula is C22H19N5O2S. The Bertz CT molecular complexity index is 1160. The maximum absolute atomic E-state index is 11.2. The molecule has 1 amide bonds. The lowest BCUT2D eigenvalue weighted by atomic mass is 10.2. The molecule has 150 valence electrons. The van der Waals surface area contributed by atoms with Crippen LogP contribution in [0.3, 0.4) is 0 Å². The first-order chi connectivity index (χ1) is 14.6. The average Bonchev–Trinajstić information content (AvgIpc) is 3.18. The van der Waals surface area contributed by atoms with Crippen LogP contribution in [-0.2, 0) is 0 Å². The molecule has 0 spiro atoms. The Morgan fingerprint density at radius 2 is 1.83 bits per heavy atom. The fourth-order valence-electron chi connectivity index (χ4n) is 2.78. The molecule has 0 aliphatic rings. The number of pyridine rings is 1. The normalized spacial score (nSPS) is 10.4. The van der Waals surface area contributed by atoms with Gasteiger partial charge in [-0.05, 0) is 30.3 Å². The monoisotopic (exact) mass is 417 g/mol. The number of anilines is 3. The lowest BCUT2D eigenvalue weighted by Gasteiger charge is -2.09. The molecule has 0 aliphatic heterocycles. The number of rotatable bonds is 7. The molecule has 2 aromatic carbocycles. The van der Waals surface area contributed by atoms with Crippen LogP contribution in [0.1, 0.15) is 10.4 Å². The Hall–Kier alpha value is -3.91. The van der Waals surface area contributed by atoms with E-state index in [1.54, 1.807) is 42.6 Å². The molecule has 0 saturated heterocycles. The van der Waals surface area contributed by atoms with E-state index in [1.165, 1.54) is 11.3 Å². The highest BCUT2D eigenvalue weighted by Gasteiger charge is 2.15. The molecule has 0 atom stereocenters. The number of carbonyl (C=O) groups excluding carboxylic acids is 1. The van der Waals surface area contributed by atoms with Crippen LogP contribution in [-0.4, -0.2) is 22.9 Å². The van der Waals surface area contributed by atoms with Crippen LogP contribution in [0.2, 0.25) is 0 Å². The van der Waals surface area contributed by atoms with Gasteiger partial charge in [0.2, 0.25) is 11.0 Å². The van der Waals surface area contributed by atoms with Gasteiger partial charge in [-0.2, -0.15) is 0 Å². The van der Waals surface area contributed by atoms with Gasteiger partial charge in [0.1, 0.15) is 17.3 Å². The summed E-state index contributed by atoms with van der Waals surface area (Å²) >= 11 is 1.43. The molecule has 4 N–H and O–H groups in total. The zero-order chi connectivity index (χ0) is 20.9. The first-order valence-electron chi connectivity index (χ1n) is 9.17. The number of primary amides is 1. The summed E-state index contributed by atoms with van der Waals surface area (Å²) in [5, 5.41) is 7.72. The van der Waals surface area contributed by atoms with E-state index in [1.807, 2.05) is 37.4 Å². The van der Waals surface area contributed by atoms with Crippen LogP contribution >= 0.6 is 11.3 Å². The summed E-state index contributed by atoms with van der Waals surface area (Å²) in [6.45, 7) is 0. The quantitative estimate of drug-likeness (QED) is 0.396. The number of carbonyl (C=O) groups is 1. The van der Waals surface area contributed by atoms with Crippen molar-refractivity contribution in [1.29, 1.82) is 0 Å². The summed E-state index contributed by atoms with van der Waals surface area (Å²) in [6.07, 6.45) is 1.66. The van der Waals surface area contributed by atoms with Crippen molar-refractivity contribution in [1.82, 2.24) is 9.97 Å². The number of aromatic nitrogens is 2. The van der Waals surface area contributed by atoms with Crippen molar-refractivity contribution in [3.05, 3.63) is 78.5 Å². The molecular weight excluding hydrogens is 398 g/mol. The standard InChI is InChI=1S/C22H19N5O2S/c1-24-22-27-19(14-5-3-2-4-6-14)21(30-22)29-17-11-12-25-18(13-17)26-16-9-7-15(8-10-16)20(23)28/h2-13H,1H3,(H2,23,28)(H,24,27)(H,25,26). The zero-order valence-electron chi connectivity index (χ0n) is 16.1. The molecule has 0 aliphatic carbocycles. The Morgan fingerprint density at radius 1 is 1.07 bits per heavy atom. The first kappa shape index (κ1) is 19.4. The Kier molecular flexibility index (Phi) is 5.58. The van der Waals surface area contributed by atoms with Gasteiger partial charge in [-0.25, -0.2) is 9.97 Å². The summed E-state index contributed by atoms with van der Waals surface area (Å²) in [6, 6.07) is 20.3. The summed E-state index contributed by atoms with van der Waals surface area (Å²) < 4.78 is 6.15. The predicted molar refractivity (Wildman–Crippen MR) is 120 cm³/mol. The van der Waals surface area contributed by atoms with Crippen molar-refractivity contribution < 1.29 is 9.53 Å². The fraction of sp³-hybridized carbons (Fsp3) is 0.0455. The van der Waals surface area contributed by atoms with Crippen molar-refractivity contribution in [3.8, 4) is 22.1 Å². The topological polar surface area (TPSA) is 102 Å². The summed E-state index contributed by atoms with van der Waals surface area (Å²) in [5.41, 5.74) is 8.26. The van der Waals surface area contributed by atoms with Gasteiger partial charge in [-0.1, -0.05) is 41.7 Å². The van der Waals surface area contributed by atoms with Crippen LogP contribution in [0, 0.1) is 0 Å². The minimum Gasteiger partial charge on any atom is -0.444 e. The number of nitrogens with zero attached hydrogens (tertiary/aromatic N) is 2. The second kappa shape index (κ2) is 8.62. The molecule has 0 bridgehead atoms. The molecule has 0 unspecified atom stereocenters. The third-order valence-electron chi connectivity index (χ3n) is 4.24. The lowest BCUT2D eigenvalue weighted by molar-refractivity contribution is 0.100. The van der Waals surface area contributed by atoms with E-state index in [9.17, 15) is 4.79 Å². The summed E-state index contributed by atoms with van der Waals surface area (Å²) in [7, 11) is 1.83. The second-order valence-electron chi connectivity index (χ2n) is 6.32. The highest BCUT2D eigenvalue weighted by molar-refractivity contribution is 7.17. The van der Waals surface area contributed by atoms with Gasteiger partial charge in [0.25, 0.3) is 0 Å². The Labute approximate surface area is 177 Å². The van der Waals surface area contributed by atoms with Gasteiger partial charge in [0.05, 0.1) is 0 Å². The van der Waals surface area contributed by atoms with Crippen LogP contribution in [0.4, 0.5) is 16.6 Å². The molecule has 0 saturated carbocycles. The molecule has 0 radical (unpaired) electrons. The number of benzene rings is 2. The van der Waals surface area contributed by atoms with Crippen molar-refractivity contribution in [2.24, 2.45) is 5.73 Å². The van der Waals surface area contributed by atoms with E-state index in [4.69, 9.17) is 10.5 Å². The van der Waals surface area contributed by atoms with E-state index in [2.05, 4.69) is 20.6 Å². The van der Waals surface area contributed by atoms with Crippen molar-refractivity contribution in [3.63, 3.8) is 0 Å². The summed E-state index contributed by atoms with van der Waals surface area (Å²) in [5.74, 6) is 0.776. The number of amides is 1. The van der Waals surface area contributed by atoms with Crippen LogP contribution in [0.5, 0.6) is 10.8 Å². The minimum absolute atomic E-state index is 0.449. The number of hydrogen-bond donors (Lipinski definition) is 3. The van der Waals surface area contributed by atoms with E-state index >= 15 is 0 Å². The zero-order valence-corrected chi connectivity index (χ0v) is 16.9. The molecule has 4 aromatic rings. The van der Waals surface area contributed by atoms with E-state index in [0.29, 0.717) is 22.2 Å². The van der Waals surface area contributed by atoms with Gasteiger partial charge in [0, 0.05) is 36.1 Å². The van der Waals surface area contributed by atoms with Crippen molar-refractivity contribution >= 4 is 33.9 Å². The molecule has 30 heavy (non-hydrogen) atoms. The van der Waals surface area contributed by atoms with Gasteiger partial charge in [-0.3, -0.25) is 4.79 Å². The molecule has 8 heteroatoms. The number of nitrogens with two attached hydrogens (primary N) is 1. The van der Waals surface area contributed by atoms with Crippen molar-refractivity contribution in [2.45, 2.75) is 0 Å². The smallest absolute Gasteiger partial charge is 0.248 e. The Balaban J connectivity index is 1.56. The molecule has 0 fully saturated rings. The Morgan fingerprint density at radius 3 is 2.53 bits per heavy atom. The number of nitrogens with one attached hydrogen (secondary N) is 2. The first-order valence-corrected chi connectivity index (χ1v) is 9.99. The highest BCUT2D eigenvalue weighted by atomic mass is 32.1. The number of ether oxygens (including phenoxy) is 1. The van der Waals surface area contributed by atoms with Gasteiger partial charge >= 0.3 is 0 Å². The number of hydrogen-bond acceptors (Lipinski definition) is 7. The maximum atomic E-state index is 11.2. The largest absolute Gasteiger partial charge is 0.444 e. The fourth-order valence-corrected chi connectivity index (χ4v) is 3.59. The van der Waals surface area contributed by atoms with Gasteiger partial charge in [0.15, 0.2) is 5.13 Å². The lowest BCUT2D eigenvalue weighted by Crippen LogP contribution is -2.10. The van der Waals surface area contributed by atoms with Crippen molar-refractivity contribution in [2.75, 3.05) is 17.7 Å². The molecule has 2 heterocycles. The molecule has 2 aromatic heterocycles. The SMILES string of the molecule is CNc1nc(-c2ccccc2)c(Oc2ccnc(Nc3ccc(C(N)=O)cc3)c2)s1. The third kappa shape index (κ3) is 4.39. The van der Waals surface area contributed by atoms with E-state index in [0.717, 1.165) is 22.1 Å². The van der Waals surface area contributed by atoms with Crippen LogP contribution < -0.4 is 21.1 Å². The molecule has 4 rings (SSSR count). The van der Waals surface area contributed by atoms with E-state index < -0.39 is 5.91 Å². The van der Waals surface area contributed by atoms with E-state index in [-0.39, 0.29) is 0 Å². The van der Waals surface area contributed by atoms with Gasteiger partial charge < -0.3 is 21.1 Å². The second-order valence-corrected chi connectivity index (χ2v) is 7.28. The highest BCUT2D eigenvalue weighted by Crippen LogP contribution is 2.40. The average molecular weight is 417 g/mol.